The van der Waals surface area contributed by atoms with Gasteiger partial charge in [-0.2, -0.15) is 0 Å². The molecular formula is C11H17N3O2. The lowest BCUT2D eigenvalue weighted by atomic mass is 10.3. The molecule has 1 atom stereocenters. The van der Waals surface area contributed by atoms with Crippen LogP contribution in [0.15, 0.2) is 23.2 Å². The Balaban J connectivity index is 2.31. The number of rotatable bonds is 6. The maximum atomic E-state index is 11.5. The van der Waals surface area contributed by atoms with Crippen LogP contribution in [0.4, 0.5) is 0 Å². The minimum absolute atomic E-state index is 0.0554. The Kier molecular flexibility index (Phi) is 4.72. The minimum atomic E-state index is -0.267. The summed E-state index contributed by atoms with van der Waals surface area (Å²) in [4.78, 5) is 11.5. The Morgan fingerprint density at radius 2 is 2.50 bits per heavy atom. The Morgan fingerprint density at radius 1 is 1.75 bits per heavy atom. The van der Waals surface area contributed by atoms with E-state index in [2.05, 4.69) is 22.4 Å². The summed E-state index contributed by atoms with van der Waals surface area (Å²) in [7, 11) is 0. The van der Waals surface area contributed by atoms with Crippen LogP contribution in [0.2, 0.25) is 0 Å². The second kappa shape index (κ2) is 6.07. The molecule has 0 bridgehead atoms. The Hall–Kier alpha value is -1.62. The lowest BCUT2D eigenvalue weighted by Gasteiger charge is -2.11. The van der Waals surface area contributed by atoms with Crippen LogP contribution >= 0.6 is 0 Å². The molecule has 0 aliphatic carbocycles. The molecule has 1 rings (SSSR count). The molecule has 0 aromatic carbocycles. The molecule has 88 valence electrons. The smallest absolute Gasteiger partial charge is 0.237 e. The summed E-state index contributed by atoms with van der Waals surface area (Å²) in [5.41, 5.74) is 0.792. The van der Waals surface area contributed by atoms with Crippen molar-refractivity contribution < 1.29 is 9.32 Å². The van der Waals surface area contributed by atoms with Crippen LogP contribution in [-0.2, 0) is 11.3 Å². The molecule has 0 aliphatic rings. The highest BCUT2D eigenvalue weighted by atomic mass is 16.5. The van der Waals surface area contributed by atoms with Crippen LogP contribution in [0, 0.1) is 6.92 Å². The lowest BCUT2D eigenvalue weighted by molar-refractivity contribution is -0.122. The van der Waals surface area contributed by atoms with E-state index in [0.29, 0.717) is 13.1 Å². The van der Waals surface area contributed by atoms with E-state index in [4.69, 9.17) is 4.52 Å². The van der Waals surface area contributed by atoms with Gasteiger partial charge in [0.25, 0.3) is 0 Å². The fourth-order valence-corrected chi connectivity index (χ4v) is 1.18. The summed E-state index contributed by atoms with van der Waals surface area (Å²) in [5, 5.41) is 9.59. The van der Waals surface area contributed by atoms with Gasteiger partial charge in [0.1, 0.15) is 5.76 Å². The first-order valence-electron chi connectivity index (χ1n) is 5.17. The average molecular weight is 223 g/mol. The summed E-state index contributed by atoms with van der Waals surface area (Å²) in [6, 6.07) is 1.57. The van der Waals surface area contributed by atoms with E-state index < -0.39 is 0 Å². The van der Waals surface area contributed by atoms with Crippen molar-refractivity contribution in [2.24, 2.45) is 0 Å². The molecular weight excluding hydrogens is 206 g/mol. The van der Waals surface area contributed by atoms with E-state index in [-0.39, 0.29) is 11.9 Å². The number of nitrogens with zero attached hydrogens (tertiary/aromatic N) is 1. The lowest BCUT2D eigenvalue weighted by Crippen LogP contribution is -2.41. The maximum Gasteiger partial charge on any atom is 0.237 e. The fourth-order valence-electron chi connectivity index (χ4n) is 1.18. The van der Waals surface area contributed by atoms with Crippen LogP contribution < -0.4 is 10.6 Å². The highest BCUT2D eigenvalue weighted by Gasteiger charge is 2.11. The molecule has 1 unspecified atom stereocenters. The largest absolute Gasteiger partial charge is 0.361 e. The van der Waals surface area contributed by atoms with Crippen LogP contribution in [0.1, 0.15) is 18.4 Å². The highest BCUT2D eigenvalue weighted by Crippen LogP contribution is 2.01. The zero-order valence-corrected chi connectivity index (χ0v) is 9.62. The molecule has 1 heterocycles. The molecule has 0 radical (unpaired) electrons. The van der Waals surface area contributed by atoms with Gasteiger partial charge in [0, 0.05) is 19.2 Å². The molecule has 1 aromatic rings. The van der Waals surface area contributed by atoms with Gasteiger partial charge in [-0.05, 0) is 13.8 Å². The van der Waals surface area contributed by atoms with E-state index in [1.54, 1.807) is 13.0 Å². The van der Waals surface area contributed by atoms with Crippen molar-refractivity contribution in [3.63, 3.8) is 0 Å². The molecule has 0 saturated carbocycles. The predicted molar refractivity (Wildman–Crippen MR) is 60.7 cm³/mol. The van der Waals surface area contributed by atoms with E-state index in [0.717, 1.165) is 11.5 Å². The van der Waals surface area contributed by atoms with Crippen molar-refractivity contribution in [2.75, 3.05) is 6.54 Å². The van der Waals surface area contributed by atoms with Gasteiger partial charge in [-0.15, -0.1) is 6.58 Å². The number of carbonyl (C=O) groups excluding carboxylic acids is 1. The van der Waals surface area contributed by atoms with Crippen molar-refractivity contribution in [3.05, 3.63) is 30.2 Å². The fraction of sp³-hybridized carbons (Fsp3) is 0.455. The number of aryl methyl sites for hydroxylation is 1. The number of amides is 1. The van der Waals surface area contributed by atoms with Gasteiger partial charge in [-0.3, -0.25) is 4.79 Å². The Morgan fingerprint density at radius 3 is 3.06 bits per heavy atom. The first kappa shape index (κ1) is 12.4. The van der Waals surface area contributed by atoms with Crippen molar-refractivity contribution in [2.45, 2.75) is 26.4 Å². The zero-order chi connectivity index (χ0) is 12.0. The van der Waals surface area contributed by atoms with Gasteiger partial charge in [0.05, 0.1) is 11.7 Å². The molecule has 5 heteroatoms. The Bertz CT molecular complexity index is 360. The van der Waals surface area contributed by atoms with E-state index in [1.165, 1.54) is 0 Å². The number of hydrogen-bond acceptors (Lipinski definition) is 4. The minimum Gasteiger partial charge on any atom is -0.361 e. The number of nitrogens with one attached hydrogen (secondary N) is 2. The van der Waals surface area contributed by atoms with Gasteiger partial charge < -0.3 is 15.2 Å². The molecule has 1 aromatic heterocycles. The second-order valence-corrected chi connectivity index (χ2v) is 3.57. The molecule has 0 fully saturated rings. The molecule has 0 spiro atoms. The molecule has 0 saturated heterocycles. The summed E-state index contributed by atoms with van der Waals surface area (Å²) < 4.78 is 4.92. The third kappa shape index (κ3) is 3.86. The quantitative estimate of drug-likeness (QED) is 0.699. The third-order valence-electron chi connectivity index (χ3n) is 2.08. The number of aromatic nitrogens is 1. The Labute approximate surface area is 94.9 Å². The van der Waals surface area contributed by atoms with Gasteiger partial charge in [-0.25, -0.2) is 0 Å². The van der Waals surface area contributed by atoms with Gasteiger partial charge in [-0.1, -0.05) is 11.2 Å². The van der Waals surface area contributed by atoms with Gasteiger partial charge in [0.2, 0.25) is 5.91 Å². The van der Waals surface area contributed by atoms with E-state index >= 15 is 0 Å². The van der Waals surface area contributed by atoms with Crippen molar-refractivity contribution in [3.8, 4) is 0 Å². The van der Waals surface area contributed by atoms with Crippen LogP contribution in [0.25, 0.3) is 0 Å². The number of hydrogen-bond donors (Lipinski definition) is 2. The monoisotopic (exact) mass is 223 g/mol. The molecule has 1 amide bonds. The standard InChI is InChI=1S/C11H17N3O2/c1-4-5-12-11(15)9(3)13-7-10-6-8(2)16-14-10/h4,6,9,13H,1,5,7H2,2-3H3,(H,12,15). The van der Waals surface area contributed by atoms with Gasteiger partial charge >= 0.3 is 0 Å². The van der Waals surface area contributed by atoms with Crippen molar-refractivity contribution >= 4 is 5.91 Å². The first-order valence-corrected chi connectivity index (χ1v) is 5.17. The van der Waals surface area contributed by atoms with Crippen LogP contribution in [-0.4, -0.2) is 23.7 Å². The second-order valence-electron chi connectivity index (χ2n) is 3.57. The van der Waals surface area contributed by atoms with Crippen molar-refractivity contribution in [1.29, 1.82) is 0 Å². The normalized spacial score (nSPS) is 12.1. The maximum absolute atomic E-state index is 11.5. The molecule has 0 aliphatic heterocycles. The van der Waals surface area contributed by atoms with E-state index in [9.17, 15) is 4.79 Å². The summed E-state index contributed by atoms with van der Waals surface area (Å²) in [6.07, 6.45) is 1.64. The summed E-state index contributed by atoms with van der Waals surface area (Å²) in [5.74, 6) is 0.709. The number of carbonyl (C=O) groups is 1. The zero-order valence-electron chi connectivity index (χ0n) is 9.62. The van der Waals surface area contributed by atoms with Crippen LogP contribution in [0.5, 0.6) is 0 Å². The average Bonchev–Trinajstić information content (AvgIpc) is 2.68. The first-order chi connectivity index (χ1) is 7.63. The molecule has 16 heavy (non-hydrogen) atoms. The highest BCUT2D eigenvalue weighted by molar-refractivity contribution is 5.81. The van der Waals surface area contributed by atoms with Gasteiger partial charge in [0.15, 0.2) is 0 Å². The molecule has 2 N–H and O–H groups in total. The molecule has 5 nitrogen and oxygen atoms in total. The SMILES string of the molecule is C=CCNC(=O)C(C)NCc1cc(C)on1. The predicted octanol–water partition coefficient (Wildman–Crippen LogP) is 0.763. The van der Waals surface area contributed by atoms with E-state index in [1.807, 2.05) is 13.0 Å². The topological polar surface area (TPSA) is 67.2 Å². The van der Waals surface area contributed by atoms with Crippen molar-refractivity contribution in [1.82, 2.24) is 15.8 Å². The van der Waals surface area contributed by atoms with Crippen LogP contribution in [0.3, 0.4) is 0 Å². The summed E-state index contributed by atoms with van der Waals surface area (Å²) in [6.45, 7) is 8.15. The summed E-state index contributed by atoms with van der Waals surface area (Å²) >= 11 is 0. The third-order valence-corrected chi connectivity index (χ3v) is 2.08.